The number of aryl methyl sites for hydroxylation is 1. The molecule has 1 aromatic heterocycles. The van der Waals surface area contributed by atoms with E-state index in [-0.39, 0.29) is 23.3 Å². The Kier molecular flexibility index (Phi) is 4.45. The van der Waals surface area contributed by atoms with E-state index in [4.69, 9.17) is 0 Å². The molecular weight excluding hydrogens is 326 g/mol. The third-order valence-electron chi connectivity index (χ3n) is 4.38. The molecule has 1 atom stereocenters. The number of amides is 1. The van der Waals surface area contributed by atoms with Crippen LogP contribution in [0.25, 0.3) is 5.69 Å². The normalized spacial score (nSPS) is 19.3. The number of rotatable bonds is 4. The summed E-state index contributed by atoms with van der Waals surface area (Å²) < 4.78 is 24.7. The summed E-state index contributed by atoms with van der Waals surface area (Å²) in [5.41, 5.74) is 3.30. The van der Waals surface area contributed by atoms with E-state index in [1.165, 1.54) is 0 Å². The summed E-state index contributed by atoms with van der Waals surface area (Å²) in [4.78, 5) is 12.4. The van der Waals surface area contributed by atoms with Crippen LogP contribution < -0.4 is 5.32 Å². The highest BCUT2D eigenvalue weighted by Crippen LogP contribution is 2.18. The standard InChI is InChI=1S/C17H21N3O3S/c1-12-4-3-5-15(8-12)20-13(2)16(10-19-20)17(21)18-9-14-6-7-24(22,23)11-14/h3-5,8,10,14H,6-7,9,11H2,1-2H3,(H,18,21). The first-order valence-electron chi connectivity index (χ1n) is 7.96. The summed E-state index contributed by atoms with van der Waals surface area (Å²) in [6.07, 6.45) is 2.17. The predicted molar refractivity (Wildman–Crippen MR) is 92.1 cm³/mol. The SMILES string of the molecule is Cc1cccc(-n2ncc(C(=O)NCC3CCS(=O)(=O)C3)c2C)c1. The van der Waals surface area contributed by atoms with Gasteiger partial charge in [0.1, 0.15) is 0 Å². The Morgan fingerprint density at radius 2 is 2.17 bits per heavy atom. The summed E-state index contributed by atoms with van der Waals surface area (Å²) in [5, 5.41) is 7.15. The maximum absolute atomic E-state index is 12.4. The first-order chi connectivity index (χ1) is 11.4. The van der Waals surface area contributed by atoms with Crippen LogP contribution in [0.5, 0.6) is 0 Å². The van der Waals surface area contributed by atoms with Gasteiger partial charge in [-0.3, -0.25) is 4.79 Å². The Balaban J connectivity index is 1.70. The summed E-state index contributed by atoms with van der Waals surface area (Å²) in [7, 11) is -2.92. The number of benzene rings is 1. The van der Waals surface area contributed by atoms with E-state index in [2.05, 4.69) is 10.4 Å². The largest absolute Gasteiger partial charge is 0.352 e. The zero-order valence-electron chi connectivity index (χ0n) is 13.8. The minimum absolute atomic E-state index is 0.00562. The van der Waals surface area contributed by atoms with E-state index < -0.39 is 9.84 Å². The van der Waals surface area contributed by atoms with Crippen molar-refractivity contribution in [3.05, 3.63) is 47.3 Å². The molecule has 6 nitrogen and oxygen atoms in total. The van der Waals surface area contributed by atoms with Crippen LogP contribution in [0.15, 0.2) is 30.5 Å². The van der Waals surface area contributed by atoms with E-state index in [0.29, 0.717) is 18.5 Å². The van der Waals surface area contributed by atoms with Gasteiger partial charge in [0, 0.05) is 6.54 Å². The fourth-order valence-corrected chi connectivity index (χ4v) is 4.88. The minimum atomic E-state index is -2.92. The lowest BCUT2D eigenvalue weighted by Crippen LogP contribution is -2.30. The van der Waals surface area contributed by atoms with Crippen molar-refractivity contribution < 1.29 is 13.2 Å². The van der Waals surface area contributed by atoms with Gasteiger partial charge in [-0.2, -0.15) is 5.10 Å². The fraction of sp³-hybridized carbons (Fsp3) is 0.412. The number of carbonyl (C=O) groups is 1. The number of aromatic nitrogens is 2. The van der Waals surface area contributed by atoms with Crippen LogP contribution in [-0.4, -0.2) is 42.2 Å². The summed E-state index contributed by atoms with van der Waals surface area (Å²) in [6, 6.07) is 7.90. The molecule has 1 saturated heterocycles. The molecule has 7 heteroatoms. The van der Waals surface area contributed by atoms with Crippen LogP contribution >= 0.6 is 0 Å². The number of carbonyl (C=O) groups excluding carboxylic acids is 1. The Morgan fingerprint density at radius 3 is 2.83 bits per heavy atom. The fourth-order valence-electron chi connectivity index (χ4n) is 3.02. The minimum Gasteiger partial charge on any atom is -0.352 e. The molecule has 1 amide bonds. The van der Waals surface area contributed by atoms with E-state index >= 15 is 0 Å². The molecule has 1 N–H and O–H groups in total. The van der Waals surface area contributed by atoms with Gasteiger partial charge in [-0.1, -0.05) is 12.1 Å². The molecule has 1 unspecified atom stereocenters. The lowest BCUT2D eigenvalue weighted by molar-refractivity contribution is 0.0948. The quantitative estimate of drug-likeness (QED) is 0.912. The van der Waals surface area contributed by atoms with Crippen molar-refractivity contribution in [3.8, 4) is 5.69 Å². The molecule has 1 fully saturated rings. The number of sulfone groups is 1. The highest BCUT2D eigenvalue weighted by atomic mass is 32.2. The molecule has 0 saturated carbocycles. The van der Waals surface area contributed by atoms with Crippen LogP contribution in [-0.2, 0) is 9.84 Å². The molecule has 0 radical (unpaired) electrons. The average Bonchev–Trinajstić information content (AvgIpc) is 3.07. The van der Waals surface area contributed by atoms with Gasteiger partial charge in [0.25, 0.3) is 5.91 Å². The summed E-state index contributed by atoms with van der Waals surface area (Å²) in [5.74, 6) is 0.175. The maximum Gasteiger partial charge on any atom is 0.254 e. The molecule has 0 spiro atoms. The number of nitrogens with zero attached hydrogens (tertiary/aromatic N) is 2. The van der Waals surface area contributed by atoms with Gasteiger partial charge >= 0.3 is 0 Å². The highest BCUT2D eigenvalue weighted by Gasteiger charge is 2.28. The lowest BCUT2D eigenvalue weighted by Gasteiger charge is -2.10. The van der Waals surface area contributed by atoms with Crippen LogP contribution in [0.4, 0.5) is 0 Å². The topological polar surface area (TPSA) is 81.1 Å². The molecule has 128 valence electrons. The molecule has 2 aromatic rings. The van der Waals surface area contributed by atoms with Crippen LogP contribution in [0.1, 0.15) is 28.0 Å². The Bertz CT molecular complexity index is 871. The molecule has 2 heterocycles. The van der Waals surface area contributed by atoms with Crippen LogP contribution in [0.3, 0.4) is 0 Å². The number of nitrogens with one attached hydrogen (secondary N) is 1. The first kappa shape index (κ1) is 16.7. The van der Waals surface area contributed by atoms with Crippen molar-refractivity contribution >= 4 is 15.7 Å². The third kappa shape index (κ3) is 3.51. The summed E-state index contributed by atoms with van der Waals surface area (Å²) in [6.45, 7) is 4.24. The molecular formula is C17H21N3O3S. The zero-order chi connectivity index (χ0) is 17.3. The number of hydrogen-bond acceptors (Lipinski definition) is 4. The molecule has 1 aliphatic rings. The predicted octanol–water partition coefficient (Wildman–Crippen LogP) is 1.65. The van der Waals surface area contributed by atoms with E-state index in [1.54, 1.807) is 10.9 Å². The van der Waals surface area contributed by atoms with Crippen molar-refractivity contribution in [2.75, 3.05) is 18.1 Å². The molecule has 24 heavy (non-hydrogen) atoms. The monoisotopic (exact) mass is 347 g/mol. The Hall–Kier alpha value is -2.15. The Morgan fingerprint density at radius 1 is 1.38 bits per heavy atom. The van der Waals surface area contributed by atoms with Crippen molar-refractivity contribution in [2.24, 2.45) is 5.92 Å². The second-order valence-corrected chi connectivity index (χ2v) is 8.60. The van der Waals surface area contributed by atoms with Crippen molar-refractivity contribution in [3.63, 3.8) is 0 Å². The van der Waals surface area contributed by atoms with Gasteiger partial charge in [-0.05, 0) is 43.9 Å². The Labute approximate surface area is 141 Å². The van der Waals surface area contributed by atoms with E-state index in [0.717, 1.165) is 16.9 Å². The second kappa shape index (κ2) is 6.39. The van der Waals surface area contributed by atoms with Crippen LogP contribution in [0.2, 0.25) is 0 Å². The third-order valence-corrected chi connectivity index (χ3v) is 6.22. The van der Waals surface area contributed by atoms with Gasteiger partial charge in [0.2, 0.25) is 0 Å². The molecule has 1 aromatic carbocycles. The van der Waals surface area contributed by atoms with Gasteiger partial charge in [0.05, 0.1) is 34.6 Å². The van der Waals surface area contributed by atoms with Crippen molar-refractivity contribution in [1.29, 1.82) is 0 Å². The maximum atomic E-state index is 12.4. The average molecular weight is 347 g/mol. The van der Waals surface area contributed by atoms with Crippen molar-refractivity contribution in [2.45, 2.75) is 20.3 Å². The molecule has 0 aliphatic carbocycles. The summed E-state index contributed by atoms with van der Waals surface area (Å²) >= 11 is 0. The number of hydrogen-bond donors (Lipinski definition) is 1. The zero-order valence-corrected chi connectivity index (χ0v) is 14.6. The van der Waals surface area contributed by atoms with Crippen molar-refractivity contribution in [1.82, 2.24) is 15.1 Å². The first-order valence-corrected chi connectivity index (χ1v) is 9.78. The van der Waals surface area contributed by atoms with Gasteiger partial charge in [0.15, 0.2) is 9.84 Å². The smallest absolute Gasteiger partial charge is 0.254 e. The van der Waals surface area contributed by atoms with Crippen LogP contribution in [0, 0.1) is 19.8 Å². The van der Waals surface area contributed by atoms with Gasteiger partial charge < -0.3 is 5.32 Å². The lowest BCUT2D eigenvalue weighted by atomic mass is 10.1. The van der Waals surface area contributed by atoms with E-state index in [1.807, 2.05) is 38.1 Å². The molecule has 3 rings (SSSR count). The molecule has 1 aliphatic heterocycles. The van der Waals surface area contributed by atoms with E-state index in [9.17, 15) is 13.2 Å². The van der Waals surface area contributed by atoms with Gasteiger partial charge in [-0.25, -0.2) is 13.1 Å². The highest BCUT2D eigenvalue weighted by molar-refractivity contribution is 7.91. The molecule has 0 bridgehead atoms. The second-order valence-electron chi connectivity index (χ2n) is 6.37. The van der Waals surface area contributed by atoms with Gasteiger partial charge in [-0.15, -0.1) is 0 Å².